The third-order valence-electron chi connectivity index (χ3n) is 7.52. The molecule has 3 aliphatic carbocycles. The van der Waals surface area contributed by atoms with Crippen molar-refractivity contribution < 1.29 is 9.59 Å². The van der Waals surface area contributed by atoms with E-state index in [1.807, 2.05) is 74.5 Å². The molecular formula is C26H18BrCl2NO2. The lowest BCUT2D eigenvalue weighted by atomic mass is 9.54. The lowest BCUT2D eigenvalue weighted by molar-refractivity contribution is -0.122. The number of rotatable bonds is 1. The Balaban J connectivity index is 1.65. The van der Waals surface area contributed by atoms with Gasteiger partial charge in [-0.1, -0.05) is 64.5 Å². The number of alkyl halides is 2. The minimum absolute atomic E-state index is 0.297. The van der Waals surface area contributed by atoms with Crippen molar-refractivity contribution in [3.8, 4) is 0 Å². The van der Waals surface area contributed by atoms with Crippen LogP contribution < -0.4 is 4.90 Å². The van der Waals surface area contributed by atoms with E-state index < -0.39 is 21.6 Å². The van der Waals surface area contributed by atoms with Crippen LogP contribution in [0.5, 0.6) is 0 Å². The van der Waals surface area contributed by atoms with Crippen molar-refractivity contribution >= 4 is 56.6 Å². The molecule has 0 radical (unpaired) electrons. The van der Waals surface area contributed by atoms with Crippen LogP contribution in [-0.4, -0.2) is 11.8 Å². The van der Waals surface area contributed by atoms with E-state index in [4.69, 9.17) is 23.2 Å². The molecule has 2 atom stereocenters. The molecule has 7 rings (SSSR count). The summed E-state index contributed by atoms with van der Waals surface area (Å²) in [7, 11) is 0. The van der Waals surface area contributed by atoms with Gasteiger partial charge in [0.2, 0.25) is 11.8 Å². The summed E-state index contributed by atoms with van der Waals surface area (Å²) in [5, 5.41) is 0. The van der Waals surface area contributed by atoms with Crippen LogP contribution in [0.4, 0.5) is 5.69 Å². The number of anilines is 1. The largest absolute Gasteiger partial charge is 0.274 e. The molecule has 4 aliphatic rings. The Bertz CT molecular complexity index is 1250. The number of hydrogen-bond donors (Lipinski definition) is 0. The number of hydrogen-bond acceptors (Lipinski definition) is 2. The second-order valence-corrected chi connectivity index (χ2v) is 10.8. The van der Waals surface area contributed by atoms with Crippen molar-refractivity contribution in [2.24, 2.45) is 11.8 Å². The van der Waals surface area contributed by atoms with Crippen LogP contribution in [0, 0.1) is 25.7 Å². The van der Waals surface area contributed by atoms with Crippen LogP contribution in [-0.2, 0) is 19.3 Å². The molecule has 2 bridgehead atoms. The van der Waals surface area contributed by atoms with Gasteiger partial charge in [0.05, 0.1) is 17.5 Å². The predicted octanol–water partition coefficient (Wildman–Crippen LogP) is 6.16. The Hall–Kier alpha value is -2.14. The monoisotopic (exact) mass is 525 g/mol. The van der Waals surface area contributed by atoms with Gasteiger partial charge in [-0.3, -0.25) is 9.59 Å². The molecule has 6 heteroatoms. The number of imide groups is 1. The zero-order chi connectivity index (χ0) is 22.6. The van der Waals surface area contributed by atoms with E-state index in [9.17, 15) is 9.59 Å². The Labute approximate surface area is 204 Å². The molecule has 1 saturated heterocycles. The summed E-state index contributed by atoms with van der Waals surface area (Å²) >= 11 is 18.5. The Morgan fingerprint density at radius 3 is 1.53 bits per heavy atom. The predicted molar refractivity (Wildman–Crippen MR) is 129 cm³/mol. The lowest BCUT2D eigenvalue weighted by Gasteiger charge is -2.54. The van der Waals surface area contributed by atoms with E-state index in [1.54, 1.807) is 0 Å². The summed E-state index contributed by atoms with van der Waals surface area (Å²) < 4.78 is 0.928. The summed E-state index contributed by atoms with van der Waals surface area (Å²) in [6.07, 6.45) is 0. The molecule has 0 unspecified atom stereocenters. The van der Waals surface area contributed by atoms with Gasteiger partial charge in [0.25, 0.3) is 0 Å². The minimum Gasteiger partial charge on any atom is -0.274 e. The van der Waals surface area contributed by atoms with E-state index in [0.717, 1.165) is 37.9 Å². The number of benzene rings is 3. The fraction of sp³-hybridized carbons (Fsp3) is 0.231. The van der Waals surface area contributed by atoms with Gasteiger partial charge >= 0.3 is 0 Å². The quantitative estimate of drug-likeness (QED) is 0.281. The first-order valence-electron chi connectivity index (χ1n) is 10.4. The molecule has 0 spiro atoms. The van der Waals surface area contributed by atoms with Crippen molar-refractivity contribution in [3.05, 3.63) is 98.5 Å². The molecule has 2 amide bonds. The molecule has 0 aromatic heterocycles. The Morgan fingerprint density at radius 1 is 0.719 bits per heavy atom. The smallest absolute Gasteiger partial charge is 0.240 e. The summed E-state index contributed by atoms with van der Waals surface area (Å²) in [6.45, 7) is 3.88. The van der Waals surface area contributed by atoms with Crippen LogP contribution in [0.3, 0.4) is 0 Å². The third-order valence-corrected chi connectivity index (χ3v) is 9.66. The van der Waals surface area contributed by atoms with Gasteiger partial charge in [-0.25, -0.2) is 4.90 Å². The van der Waals surface area contributed by atoms with Gasteiger partial charge in [-0.2, -0.15) is 0 Å². The molecule has 3 aromatic carbocycles. The lowest BCUT2D eigenvalue weighted by Crippen LogP contribution is -2.57. The fourth-order valence-corrected chi connectivity index (χ4v) is 7.45. The SMILES string of the molecule is Cc1c(Br)ccc(N2C(=O)[C@@H]3[C@H](C2=O)C2(Cl)c4ccccc4C3(Cl)c3ccccc32)c1C. The molecule has 1 aliphatic heterocycles. The van der Waals surface area contributed by atoms with Gasteiger partial charge in [-0.05, 0) is 59.4 Å². The maximum atomic E-state index is 14.0. The highest BCUT2D eigenvalue weighted by atomic mass is 79.9. The highest BCUT2D eigenvalue weighted by Crippen LogP contribution is 2.69. The Morgan fingerprint density at radius 2 is 1.12 bits per heavy atom. The zero-order valence-corrected chi connectivity index (χ0v) is 20.4. The van der Waals surface area contributed by atoms with Crippen molar-refractivity contribution in [1.82, 2.24) is 0 Å². The van der Waals surface area contributed by atoms with E-state index >= 15 is 0 Å². The van der Waals surface area contributed by atoms with Gasteiger partial charge in [0, 0.05) is 4.47 Å². The van der Waals surface area contributed by atoms with Crippen molar-refractivity contribution in [1.29, 1.82) is 0 Å². The maximum absolute atomic E-state index is 14.0. The third kappa shape index (κ3) is 2.14. The molecule has 0 N–H and O–H groups in total. The van der Waals surface area contributed by atoms with E-state index in [0.29, 0.717) is 5.69 Å². The number of carbonyl (C=O) groups is 2. The van der Waals surface area contributed by atoms with Crippen LogP contribution in [0.1, 0.15) is 33.4 Å². The maximum Gasteiger partial charge on any atom is 0.240 e. The summed E-state index contributed by atoms with van der Waals surface area (Å²) in [5.41, 5.74) is 5.67. The van der Waals surface area contributed by atoms with Crippen LogP contribution >= 0.6 is 39.1 Å². The zero-order valence-electron chi connectivity index (χ0n) is 17.3. The average Bonchev–Trinajstić information content (AvgIpc) is 3.07. The Kier molecular flexibility index (Phi) is 4.14. The van der Waals surface area contributed by atoms with Gasteiger partial charge in [0.15, 0.2) is 0 Å². The number of nitrogens with zero attached hydrogens (tertiary/aromatic N) is 1. The van der Waals surface area contributed by atoms with E-state index in [-0.39, 0.29) is 11.8 Å². The summed E-state index contributed by atoms with van der Waals surface area (Å²) in [4.78, 5) is 27.0. The van der Waals surface area contributed by atoms with Gasteiger partial charge in [-0.15, -0.1) is 23.2 Å². The van der Waals surface area contributed by atoms with Gasteiger partial charge < -0.3 is 0 Å². The first-order valence-corrected chi connectivity index (χ1v) is 12.0. The first-order chi connectivity index (χ1) is 15.2. The van der Waals surface area contributed by atoms with Gasteiger partial charge in [0.1, 0.15) is 9.75 Å². The number of amides is 2. The van der Waals surface area contributed by atoms with E-state index in [2.05, 4.69) is 15.9 Å². The number of halogens is 3. The van der Waals surface area contributed by atoms with Crippen LogP contribution in [0.15, 0.2) is 65.1 Å². The second kappa shape index (κ2) is 6.47. The van der Waals surface area contributed by atoms with E-state index in [1.165, 1.54) is 4.90 Å². The molecule has 32 heavy (non-hydrogen) atoms. The van der Waals surface area contributed by atoms with Crippen LogP contribution in [0.2, 0.25) is 0 Å². The summed E-state index contributed by atoms with van der Waals surface area (Å²) in [6, 6.07) is 19.0. The normalized spacial score (nSPS) is 29.7. The fourth-order valence-electron chi connectivity index (χ4n) is 5.92. The second-order valence-electron chi connectivity index (χ2n) is 8.80. The average molecular weight is 527 g/mol. The topological polar surface area (TPSA) is 37.4 Å². The molecule has 1 heterocycles. The molecular weight excluding hydrogens is 509 g/mol. The van der Waals surface area contributed by atoms with Crippen molar-refractivity contribution in [2.75, 3.05) is 4.90 Å². The highest BCUT2D eigenvalue weighted by Gasteiger charge is 2.73. The molecule has 1 fully saturated rings. The highest BCUT2D eigenvalue weighted by molar-refractivity contribution is 9.10. The molecule has 0 saturated carbocycles. The standard InChI is InChI=1S/C26H18BrCl2NO2/c1-13-14(2)20(12-11-19(13)27)30-23(31)21-22(24(30)32)26(29)16-8-4-3-7-15(16)25(21,28)17-9-5-6-10-18(17)26/h3-12,21-22H,1-2H3/t21-,22+,25?,26?. The molecule has 3 nitrogen and oxygen atoms in total. The molecule has 160 valence electrons. The van der Waals surface area contributed by atoms with Crippen molar-refractivity contribution in [2.45, 2.75) is 23.6 Å². The van der Waals surface area contributed by atoms with Crippen LogP contribution in [0.25, 0.3) is 0 Å². The number of carbonyl (C=O) groups excluding carboxylic acids is 2. The first kappa shape index (κ1) is 20.5. The minimum atomic E-state index is -1.16. The van der Waals surface area contributed by atoms with Crippen molar-refractivity contribution in [3.63, 3.8) is 0 Å². The molecule has 3 aromatic rings. The summed E-state index contributed by atoms with van der Waals surface area (Å²) in [5.74, 6) is -2.17.